The second-order valence-electron chi connectivity index (χ2n) is 3.66. The molecule has 0 aliphatic heterocycles. The second-order valence-corrected chi connectivity index (χ2v) is 6.76. The molecular weight excluding hydrogens is 223 g/mol. The Morgan fingerprint density at radius 2 is 1.50 bits per heavy atom. The van der Waals surface area contributed by atoms with Gasteiger partial charge in [0.1, 0.15) is 0 Å². The van der Waals surface area contributed by atoms with Crippen LogP contribution in [0.1, 0.15) is 20.8 Å². The van der Waals surface area contributed by atoms with Crippen LogP contribution in [0, 0.1) is 0 Å². The third-order valence-corrected chi connectivity index (χ3v) is 1.67. The Morgan fingerprint density at radius 3 is 1.50 bits per heavy atom. The van der Waals surface area contributed by atoms with Gasteiger partial charge in [-0.05, 0) is 33.9 Å². The van der Waals surface area contributed by atoms with E-state index in [-0.39, 0.29) is 31.8 Å². The van der Waals surface area contributed by atoms with Crippen LogP contribution >= 0.6 is 0 Å². The Balaban J connectivity index is 0. The minimum Gasteiger partial charge on any atom is -0.411 e. The van der Waals surface area contributed by atoms with E-state index in [0.29, 0.717) is 0 Å². The van der Waals surface area contributed by atoms with Crippen molar-refractivity contribution in [3.63, 3.8) is 0 Å². The molecule has 0 fully saturated rings. The first-order valence-corrected chi connectivity index (χ1v) is 5.99. The molecule has 0 aliphatic carbocycles. The Bertz CT molecular complexity index is 80.9. The van der Waals surface area contributed by atoms with E-state index in [9.17, 15) is 4.80 Å². The van der Waals surface area contributed by atoms with Crippen LogP contribution in [0.3, 0.4) is 0 Å². The van der Waals surface area contributed by atoms with Crippen LogP contribution < -0.4 is 0 Å². The van der Waals surface area contributed by atoms with E-state index in [1.54, 1.807) is 13.1 Å². The van der Waals surface area contributed by atoms with Gasteiger partial charge in [-0.3, -0.25) is 0 Å². The largest absolute Gasteiger partial charge is 0.411 e. The number of hydrogen-bond donors (Lipinski definition) is 1. The Hall–Kier alpha value is 1.02. The topological polar surface area (TPSA) is 29.5 Å². The zero-order valence-corrected chi connectivity index (χ0v) is 10.8. The maximum Gasteiger partial charge on any atom is 0.329 e. The molecule has 0 saturated heterocycles. The molecule has 0 aromatic heterocycles. The Morgan fingerprint density at radius 1 is 1.20 bits per heavy atom. The molecule has 2 nitrogen and oxygen atoms in total. The molecule has 60 valence electrons. The summed E-state index contributed by atoms with van der Waals surface area (Å²) >= 11 is 0. The van der Waals surface area contributed by atoms with Crippen molar-refractivity contribution in [2.24, 2.45) is 0 Å². The molecule has 10 heavy (non-hydrogen) atoms. The molecule has 0 radical (unpaired) electrons. The maximum absolute atomic E-state index is 9.27. The van der Waals surface area contributed by atoms with Gasteiger partial charge in [-0.25, -0.2) is 0 Å². The first kappa shape index (κ1) is 13.6. The SMILES string of the molecule is CC(C)(C)O[Si](C)(C)O.[Zr]. The van der Waals surface area contributed by atoms with Crippen LogP contribution in [0.25, 0.3) is 0 Å². The quantitative estimate of drug-likeness (QED) is 0.703. The average molecular weight is 240 g/mol. The Labute approximate surface area is 83.3 Å². The van der Waals surface area contributed by atoms with Gasteiger partial charge in [0.05, 0.1) is 5.60 Å². The molecule has 0 aliphatic rings. The molecule has 0 saturated carbocycles. The van der Waals surface area contributed by atoms with Gasteiger partial charge in [0, 0.05) is 26.2 Å². The summed E-state index contributed by atoms with van der Waals surface area (Å²) in [5, 5.41) is 0. The summed E-state index contributed by atoms with van der Waals surface area (Å²) in [4.78, 5) is 9.27. The van der Waals surface area contributed by atoms with Crippen molar-refractivity contribution < 1.29 is 35.4 Å². The van der Waals surface area contributed by atoms with Crippen LogP contribution in [0.2, 0.25) is 13.1 Å². The van der Waals surface area contributed by atoms with Crippen molar-refractivity contribution in [2.75, 3.05) is 0 Å². The number of rotatable bonds is 1. The number of hydrogen-bond acceptors (Lipinski definition) is 2. The standard InChI is InChI=1S/C6H16O2Si.Zr/c1-6(2,3)8-9(4,5)7;/h7H,1-5H3;. The molecule has 4 heteroatoms. The zero-order chi connectivity index (χ0) is 7.71. The summed E-state index contributed by atoms with van der Waals surface area (Å²) in [5.41, 5.74) is -0.204. The van der Waals surface area contributed by atoms with E-state index in [1.807, 2.05) is 20.8 Å². The summed E-state index contributed by atoms with van der Waals surface area (Å²) in [6, 6.07) is 0. The average Bonchev–Trinajstić information content (AvgIpc) is 1.14. The van der Waals surface area contributed by atoms with Gasteiger partial charge in [0.15, 0.2) is 0 Å². The maximum atomic E-state index is 9.27. The molecule has 0 unspecified atom stereocenters. The van der Waals surface area contributed by atoms with Crippen LogP contribution in [-0.2, 0) is 30.6 Å². The molecule has 0 aromatic carbocycles. The van der Waals surface area contributed by atoms with E-state index in [2.05, 4.69) is 0 Å². The van der Waals surface area contributed by atoms with Crippen molar-refractivity contribution in [1.82, 2.24) is 0 Å². The van der Waals surface area contributed by atoms with Crippen molar-refractivity contribution in [2.45, 2.75) is 39.5 Å². The van der Waals surface area contributed by atoms with E-state index in [4.69, 9.17) is 4.43 Å². The molecule has 0 aromatic rings. The predicted octanol–water partition coefficient (Wildman–Crippen LogP) is 1.49. The smallest absolute Gasteiger partial charge is 0.329 e. The van der Waals surface area contributed by atoms with Gasteiger partial charge in [0.2, 0.25) is 0 Å². The molecule has 0 rings (SSSR count). The van der Waals surface area contributed by atoms with Crippen LogP contribution in [-0.4, -0.2) is 19.0 Å². The summed E-state index contributed by atoms with van der Waals surface area (Å²) in [6.45, 7) is 9.35. The summed E-state index contributed by atoms with van der Waals surface area (Å²) in [6.07, 6.45) is 0. The van der Waals surface area contributed by atoms with Crippen LogP contribution in [0.4, 0.5) is 0 Å². The molecule has 0 heterocycles. The fraction of sp³-hybridized carbons (Fsp3) is 1.00. The normalized spacial score (nSPS) is 12.6. The predicted molar refractivity (Wildman–Crippen MR) is 40.5 cm³/mol. The van der Waals surface area contributed by atoms with Crippen LogP contribution in [0.15, 0.2) is 0 Å². The van der Waals surface area contributed by atoms with Crippen molar-refractivity contribution >= 4 is 8.56 Å². The Kier molecular flexibility index (Phi) is 5.64. The van der Waals surface area contributed by atoms with E-state index in [1.165, 1.54) is 0 Å². The van der Waals surface area contributed by atoms with Gasteiger partial charge in [-0.2, -0.15) is 0 Å². The van der Waals surface area contributed by atoms with Crippen molar-refractivity contribution in [1.29, 1.82) is 0 Å². The van der Waals surface area contributed by atoms with E-state index < -0.39 is 8.56 Å². The van der Waals surface area contributed by atoms with Gasteiger partial charge in [-0.15, -0.1) is 0 Å². The molecule has 1 N–H and O–H groups in total. The van der Waals surface area contributed by atoms with Gasteiger partial charge in [-0.1, -0.05) is 0 Å². The van der Waals surface area contributed by atoms with E-state index >= 15 is 0 Å². The summed E-state index contributed by atoms with van der Waals surface area (Å²) < 4.78 is 5.32. The molecule has 0 atom stereocenters. The summed E-state index contributed by atoms with van der Waals surface area (Å²) in [5.74, 6) is 0. The van der Waals surface area contributed by atoms with E-state index in [0.717, 1.165) is 0 Å². The third kappa shape index (κ3) is 11.8. The second kappa shape index (κ2) is 4.15. The summed E-state index contributed by atoms with van der Waals surface area (Å²) in [7, 11) is -2.29. The van der Waals surface area contributed by atoms with Crippen molar-refractivity contribution in [3.8, 4) is 0 Å². The van der Waals surface area contributed by atoms with Gasteiger partial charge >= 0.3 is 8.56 Å². The molecule has 0 spiro atoms. The minimum atomic E-state index is -2.29. The molecule has 0 bridgehead atoms. The fourth-order valence-electron chi connectivity index (χ4n) is 0.749. The third-order valence-electron chi connectivity index (χ3n) is 0.556. The minimum absolute atomic E-state index is 0. The molecular formula is C6H16O2SiZr. The fourth-order valence-corrected chi connectivity index (χ4v) is 2.25. The first-order chi connectivity index (χ1) is 3.71. The van der Waals surface area contributed by atoms with Crippen molar-refractivity contribution in [3.05, 3.63) is 0 Å². The van der Waals surface area contributed by atoms with Gasteiger partial charge < -0.3 is 9.22 Å². The zero-order valence-electron chi connectivity index (χ0n) is 7.36. The first-order valence-electron chi connectivity index (χ1n) is 3.13. The van der Waals surface area contributed by atoms with Crippen LogP contribution in [0.5, 0.6) is 0 Å². The molecule has 0 amide bonds. The van der Waals surface area contributed by atoms with Gasteiger partial charge in [0.25, 0.3) is 0 Å². The monoisotopic (exact) mass is 238 g/mol.